The summed E-state index contributed by atoms with van der Waals surface area (Å²) in [5.41, 5.74) is -6.86. The number of Topliss-reactive ketones (excluding diaryl/α,β-unsaturated/α-hetero) is 1. The molecule has 1 saturated heterocycles. The molecule has 20 heteroatoms. The van der Waals surface area contributed by atoms with Crippen molar-refractivity contribution in [2.75, 3.05) is 13.4 Å². The summed E-state index contributed by atoms with van der Waals surface area (Å²) in [7, 11) is -0.586. The second kappa shape index (κ2) is 21.9. The second-order valence-corrected chi connectivity index (χ2v) is 27.5. The van der Waals surface area contributed by atoms with Crippen LogP contribution in [0.5, 0.6) is 0 Å². The number of hydrogen-bond donors (Lipinski definition) is 2. The van der Waals surface area contributed by atoms with E-state index in [9.17, 15) is 24.3 Å². The number of amides is 1. The first kappa shape index (κ1) is 55.2. The Kier molecular flexibility index (Phi) is 16.5. The normalized spacial score (nSPS) is 31.6. The first-order chi connectivity index (χ1) is 34.7. The van der Waals surface area contributed by atoms with Crippen molar-refractivity contribution in [2.45, 2.75) is 185 Å². The third kappa shape index (κ3) is 10.2. The van der Waals surface area contributed by atoms with E-state index in [4.69, 9.17) is 42.1 Å². The van der Waals surface area contributed by atoms with Crippen molar-refractivity contribution in [3.8, 4) is 0 Å². The maximum Gasteiger partial charge on any atom is 0.408 e. The fraction of sp³-hybridized carbons (Fsp3) is 0.660. The van der Waals surface area contributed by atoms with Crippen LogP contribution in [0.3, 0.4) is 0 Å². The lowest BCUT2D eigenvalue weighted by molar-refractivity contribution is -0.344. The molecule has 12 atom stereocenters. The van der Waals surface area contributed by atoms with Gasteiger partial charge in [0.25, 0.3) is 0 Å². The number of fused-ring (bicyclic) bond motifs is 5. The summed E-state index contributed by atoms with van der Waals surface area (Å²) >= 11 is 1.26. The van der Waals surface area contributed by atoms with Gasteiger partial charge in [0, 0.05) is 39.5 Å². The van der Waals surface area contributed by atoms with Crippen LogP contribution in [0, 0.1) is 22.7 Å². The largest absolute Gasteiger partial charge is 0.456 e. The van der Waals surface area contributed by atoms with Crippen LogP contribution in [0.25, 0.3) is 0 Å². The van der Waals surface area contributed by atoms with E-state index in [2.05, 4.69) is 35.6 Å². The average molecular weight is 1070 g/mol. The van der Waals surface area contributed by atoms with Crippen LogP contribution in [-0.4, -0.2) is 117 Å². The van der Waals surface area contributed by atoms with Crippen LogP contribution in [0.4, 0.5) is 4.79 Å². The molecule has 3 unspecified atom stereocenters. The fourth-order valence-corrected chi connectivity index (χ4v) is 16.4. The summed E-state index contributed by atoms with van der Waals surface area (Å²) in [4.78, 5) is 88.5. The van der Waals surface area contributed by atoms with Crippen molar-refractivity contribution in [2.24, 2.45) is 22.7 Å². The van der Waals surface area contributed by atoms with E-state index in [0.29, 0.717) is 54.3 Å². The number of esters is 4. The van der Waals surface area contributed by atoms with Gasteiger partial charge >= 0.3 is 30.0 Å². The highest BCUT2D eigenvalue weighted by Gasteiger charge is 2.79. The maximum absolute atomic E-state index is 16.7. The van der Waals surface area contributed by atoms with Gasteiger partial charge in [-0.3, -0.25) is 14.4 Å². The van der Waals surface area contributed by atoms with Crippen LogP contribution >= 0.6 is 20.8 Å². The number of carbonyl (C=O) groups is 6. The average Bonchev–Trinajstić information content (AvgIpc) is 3.82. The SMILES string of the molecule is CC[Si](CC)(CC)O[C@H]1C[C@H]2OC[C@@]2(OC(C)=O)C2C(OC(=O)c3ccccc3)[C@]3(O)C[C@H](OC(=O)[C@H](OCOP)[C@@H](NC(=O)OC4CCCC4)c4cccs4)C(C)=C([C@@H](OC(=O)C4CC4)C(=O)[C@@]21C)C3(C)C. The minimum absolute atomic E-state index is 0.0957. The van der Waals surface area contributed by atoms with Gasteiger partial charge in [-0.15, -0.1) is 11.3 Å². The number of aliphatic hydroxyl groups is 1. The number of rotatable bonds is 19. The molecule has 8 rings (SSSR count). The lowest BCUT2D eigenvalue weighted by Gasteiger charge is -2.68. The van der Waals surface area contributed by atoms with Gasteiger partial charge in [0.05, 0.1) is 35.5 Å². The highest BCUT2D eigenvalue weighted by atomic mass is 32.1. The standard InChI is InChI=1S/C53H72NO16PSSi/c1-9-73(10-2,11-3)70-37-26-38-52(28-62-38,69-31(5)55)43-45(68-47(58)32-18-13-12-14-19-32)53(61)27-35(30(4)39(50(53,6)7)41(44(56)51(37,43)8)67-46(57)33-23-24-33)66-48(59)42(63-29-64-71)40(36-22-17-25-72-36)54-49(60)65-34-20-15-16-21-34/h12-14,17-19,22,25,33-35,37-38,40-43,45,61H,9-11,15-16,20-21,23-24,26-29,71H2,1-8H3,(H,54,60)/t35-,37-,38+,40-,41+,42+,43?,45?,51+,52-,53+/m0/s1. The van der Waals surface area contributed by atoms with Crippen LogP contribution < -0.4 is 5.32 Å². The van der Waals surface area contributed by atoms with Gasteiger partial charge in [-0.2, -0.15) is 0 Å². The molecule has 1 aromatic carbocycles. The lowest BCUT2D eigenvalue weighted by Crippen LogP contribution is -2.82. The van der Waals surface area contributed by atoms with Gasteiger partial charge in [0.15, 0.2) is 38.7 Å². The number of ketones is 1. The minimum Gasteiger partial charge on any atom is -0.456 e. The van der Waals surface area contributed by atoms with Gasteiger partial charge in [-0.25, -0.2) is 14.4 Å². The Bertz CT molecular complexity index is 2400. The third-order valence-corrected chi connectivity index (χ3v) is 22.9. The van der Waals surface area contributed by atoms with Gasteiger partial charge in [0.2, 0.25) is 0 Å². The summed E-state index contributed by atoms with van der Waals surface area (Å²) < 4.78 is 57.0. The van der Waals surface area contributed by atoms with E-state index < -0.39 is 134 Å². The maximum atomic E-state index is 16.7. The molecule has 1 aromatic heterocycles. The quantitative estimate of drug-likeness (QED) is 0.0338. The molecule has 0 radical (unpaired) electrons. The zero-order valence-corrected chi connectivity index (χ0v) is 46.1. The Morgan fingerprint density at radius 2 is 1.62 bits per heavy atom. The molecule has 4 saturated carbocycles. The van der Waals surface area contributed by atoms with Crippen molar-refractivity contribution in [3.05, 3.63) is 69.4 Å². The first-order valence-electron chi connectivity index (χ1n) is 25.8. The van der Waals surface area contributed by atoms with Gasteiger partial charge in [0.1, 0.15) is 36.1 Å². The molecule has 2 aromatic rings. The molecule has 2 bridgehead atoms. The number of ether oxygens (including phenoxy) is 7. The van der Waals surface area contributed by atoms with E-state index in [-0.39, 0.29) is 30.3 Å². The predicted octanol–water partition coefficient (Wildman–Crippen LogP) is 8.24. The predicted molar refractivity (Wildman–Crippen MR) is 271 cm³/mol. The number of thiophene rings is 1. The van der Waals surface area contributed by atoms with E-state index >= 15 is 9.59 Å². The van der Waals surface area contributed by atoms with Crippen molar-refractivity contribution < 1.29 is 76.0 Å². The van der Waals surface area contributed by atoms with Crippen molar-refractivity contribution in [1.82, 2.24) is 5.32 Å². The zero-order valence-electron chi connectivity index (χ0n) is 43.1. The van der Waals surface area contributed by atoms with Crippen molar-refractivity contribution in [3.63, 3.8) is 0 Å². The Morgan fingerprint density at radius 1 is 0.932 bits per heavy atom. The molecule has 400 valence electrons. The Balaban J connectivity index is 1.33. The van der Waals surface area contributed by atoms with Crippen LogP contribution in [-0.2, 0) is 61.3 Å². The van der Waals surface area contributed by atoms with Gasteiger partial charge in [-0.05, 0) is 105 Å². The molecule has 0 spiro atoms. The molecule has 6 aliphatic rings. The summed E-state index contributed by atoms with van der Waals surface area (Å²) in [6.45, 7) is 13.5. The number of carbonyl (C=O) groups excluding carboxylic acids is 6. The number of benzene rings is 1. The highest BCUT2D eigenvalue weighted by molar-refractivity contribution is 7.10. The Labute approximate surface area is 434 Å². The molecule has 2 N–H and O–H groups in total. The molecule has 73 heavy (non-hydrogen) atoms. The lowest BCUT2D eigenvalue weighted by atomic mass is 9.44. The molecule has 17 nitrogen and oxygen atoms in total. The molecule has 5 fully saturated rings. The second-order valence-electron chi connectivity index (χ2n) is 21.4. The fourth-order valence-electron chi connectivity index (χ4n) is 12.5. The van der Waals surface area contributed by atoms with Crippen LogP contribution in [0.1, 0.15) is 128 Å². The summed E-state index contributed by atoms with van der Waals surface area (Å²) in [6, 6.07) is 12.6. The van der Waals surface area contributed by atoms with Crippen molar-refractivity contribution in [1.29, 1.82) is 0 Å². The van der Waals surface area contributed by atoms with E-state index in [0.717, 1.165) is 12.8 Å². The zero-order chi connectivity index (χ0) is 52.7. The summed E-state index contributed by atoms with van der Waals surface area (Å²) in [5, 5.41) is 19.0. The molecule has 2 heterocycles. The smallest absolute Gasteiger partial charge is 0.408 e. The Hall–Kier alpha value is -4.07. The Morgan fingerprint density at radius 3 is 2.19 bits per heavy atom. The number of alkyl carbamates (subject to hydrolysis) is 1. The minimum atomic E-state index is -2.65. The first-order valence-corrected chi connectivity index (χ1v) is 29.7. The third-order valence-electron chi connectivity index (χ3n) is 17.1. The topological polar surface area (TPSA) is 218 Å². The van der Waals surface area contributed by atoms with E-state index in [1.165, 1.54) is 18.3 Å². The number of nitrogens with one attached hydrogen (secondary N) is 1. The van der Waals surface area contributed by atoms with Crippen LogP contribution in [0.15, 0.2) is 59.0 Å². The summed E-state index contributed by atoms with van der Waals surface area (Å²) in [5.74, 6) is -5.64. The molecule has 5 aliphatic carbocycles. The van der Waals surface area contributed by atoms with Gasteiger partial charge in [-0.1, -0.05) is 58.9 Å². The molecular formula is C53H72NO16PSSi. The summed E-state index contributed by atoms with van der Waals surface area (Å²) in [6.07, 6.45) is -5.31. The van der Waals surface area contributed by atoms with E-state index in [1.54, 1.807) is 75.5 Å². The molecule has 1 aliphatic heterocycles. The molecular weight excluding hydrogens is 998 g/mol. The van der Waals surface area contributed by atoms with Crippen molar-refractivity contribution >= 4 is 64.9 Å². The highest BCUT2D eigenvalue weighted by Crippen LogP contribution is 2.65. The molecule has 1 amide bonds. The van der Waals surface area contributed by atoms with E-state index in [1.807, 2.05) is 0 Å². The van der Waals surface area contributed by atoms with Gasteiger partial charge < -0.3 is 52.5 Å². The van der Waals surface area contributed by atoms with Crippen LogP contribution in [0.2, 0.25) is 18.1 Å². The number of hydrogen-bond acceptors (Lipinski definition) is 17. The monoisotopic (exact) mass is 1070 g/mol.